The third kappa shape index (κ3) is 3.56. The van der Waals surface area contributed by atoms with Gasteiger partial charge in [-0.3, -0.25) is 4.98 Å². The fourth-order valence-electron chi connectivity index (χ4n) is 0.913. The summed E-state index contributed by atoms with van der Waals surface area (Å²) >= 11 is 3.57. The van der Waals surface area contributed by atoms with Crippen molar-refractivity contribution in [1.82, 2.24) is 10.3 Å². The molecule has 0 bridgehead atoms. The van der Waals surface area contributed by atoms with Crippen LogP contribution in [-0.2, 0) is 6.54 Å². The van der Waals surface area contributed by atoms with Crippen LogP contribution in [0.25, 0.3) is 0 Å². The third-order valence-electron chi connectivity index (χ3n) is 1.52. The maximum atomic E-state index is 4.02. The lowest BCUT2D eigenvalue weighted by molar-refractivity contribution is 0.600. The Balaban J connectivity index is 2.17. The third-order valence-corrected chi connectivity index (χ3v) is 3.14. The van der Waals surface area contributed by atoms with Crippen LogP contribution in [0, 0.1) is 0 Å². The quantitative estimate of drug-likeness (QED) is 0.790. The largest absolute Gasteiger partial charge is 0.309 e. The lowest BCUT2D eigenvalue weighted by atomic mass is 10.4. The van der Waals surface area contributed by atoms with Gasteiger partial charge >= 0.3 is 0 Å². The van der Waals surface area contributed by atoms with Crippen LogP contribution in [-0.4, -0.2) is 23.0 Å². The van der Waals surface area contributed by atoms with Crippen molar-refractivity contribution in [2.45, 2.75) is 19.5 Å². The molecule has 0 aliphatic rings. The van der Waals surface area contributed by atoms with Gasteiger partial charge in [0.2, 0.25) is 0 Å². The normalized spacial score (nSPS) is 13.2. The highest BCUT2D eigenvalue weighted by Gasteiger charge is 2.00. The molecule has 0 amide bonds. The molecule has 1 aromatic heterocycles. The molecule has 68 valence electrons. The van der Waals surface area contributed by atoms with E-state index in [1.165, 1.54) is 10.6 Å². The molecule has 12 heavy (non-hydrogen) atoms. The number of thioether (sulfide) groups is 1. The van der Waals surface area contributed by atoms with Gasteiger partial charge in [-0.25, -0.2) is 0 Å². The van der Waals surface area contributed by atoms with Crippen molar-refractivity contribution in [2.24, 2.45) is 0 Å². The number of aromatic nitrogens is 1. The average Bonchev–Trinajstić information content (AvgIpc) is 2.53. The van der Waals surface area contributed by atoms with Crippen molar-refractivity contribution >= 4 is 23.1 Å². The minimum Gasteiger partial charge on any atom is -0.309 e. The van der Waals surface area contributed by atoms with E-state index < -0.39 is 0 Å². The minimum atomic E-state index is 0.585. The standard InChI is InChI=1S/C8H14N2S2/c1-7(5-11-2)10-4-8-3-9-6-12-8/h3,6-7,10H,4-5H2,1-2H3. The SMILES string of the molecule is CSCC(C)NCc1cncs1. The summed E-state index contributed by atoms with van der Waals surface area (Å²) < 4.78 is 0. The van der Waals surface area contributed by atoms with Gasteiger partial charge in [-0.05, 0) is 13.2 Å². The van der Waals surface area contributed by atoms with Gasteiger partial charge in [0.15, 0.2) is 0 Å². The van der Waals surface area contributed by atoms with Gasteiger partial charge < -0.3 is 5.32 Å². The van der Waals surface area contributed by atoms with E-state index in [1.54, 1.807) is 11.3 Å². The smallest absolute Gasteiger partial charge is 0.0794 e. The van der Waals surface area contributed by atoms with Crippen molar-refractivity contribution < 1.29 is 0 Å². The van der Waals surface area contributed by atoms with Crippen LogP contribution in [0.15, 0.2) is 11.7 Å². The lowest BCUT2D eigenvalue weighted by Crippen LogP contribution is -2.27. The van der Waals surface area contributed by atoms with Crippen LogP contribution in [0.3, 0.4) is 0 Å². The molecule has 0 saturated carbocycles. The molecule has 1 N–H and O–H groups in total. The first-order valence-corrected chi connectivity index (χ1v) is 6.20. The molecule has 2 nitrogen and oxygen atoms in total. The number of hydrogen-bond acceptors (Lipinski definition) is 4. The Hall–Kier alpha value is -0.0600. The van der Waals surface area contributed by atoms with Gasteiger partial charge in [-0.2, -0.15) is 11.8 Å². The molecule has 1 unspecified atom stereocenters. The number of rotatable bonds is 5. The number of nitrogens with zero attached hydrogens (tertiary/aromatic N) is 1. The molecule has 1 atom stereocenters. The van der Waals surface area contributed by atoms with E-state index in [0.717, 1.165) is 6.54 Å². The molecular weight excluding hydrogens is 188 g/mol. The molecular formula is C8H14N2S2. The number of nitrogens with one attached hydrogen (secondary N) is 1. The van der Waals surface area contributed by atoms with Gasteiger partial charge in [0.1, 0.15) is 0 Å². The fraction of sp³-hybridized carbons (Fsp3) is 0.625. The first kappa shape index (κ1) is 10.0. The van der Waals surface area contributed by atoms with Crippen LogP contribution >= 0.6 is 23.1 Å². The summed E-state index contributed by atoms with van der Waals surface area (Å²) in [5.41, 5.74) is 1.87. The van der Waals surface area contributed by atoms with E-state index in [4.69, 9.17) is 0 Å². The Labute approximate surface area is 81.8 Å². The Kier molecular flexibility index (Phi) is 4.65. The van der Waals surface area contributed by atoms with E-state index in [0.29, 0.717) is 6.04 Å². The highest BCUT2D eigenvalue weighted by molar-refractivity contribution is 7.98. The van der Waals surface area contributed by atoms with E-state index in [2.05, 4.69) is 23.5 Å². The van der Waals surface area contributed by atoms with Gasteiger partial charge in [0, 0.05) is 29.4 Å². The highest BCUT2D eigenvalue weighted by Crippen LogP contribution is 2.05. The Morgan fingerprint density at radius 3 is 3.17 bits per heavy atom. The van der Waals surface area contributed by atoms with Crippen LogP contribution in [0.5, 0.6) is 0 Å². The molecule has 0 aliphatic heterocycles. The van der Waals surface area contributed by atoms with E-state index >= 15 is 0 Å². The maximum Gasteiger partial charge on any atom is 0.0794 e. The molecule has 0 saturated heterocycles. The molecule has 0 fully saturated rings. The second-order valence-electron chi connectivity index (χ2n) is 2.71. The summed E-state index contributed by atoms with van der Waals surface area (Å²) in [5, 5.41) is 3.44. The molecule has 1 rings (SSSR count). The van der Waals surface area contributed by atoms with Crippen LogP contribution in [0.2, 0.25) is 0 Å². The maximum absolute atomic E-state index is 4.02. The fourth-order valence-corrected chi connectivity index (χ4v) is 2.08. The van der Waals surface area contributed by atoms with Crippen LogP contribution < -0.4 is 5.32 Å². The van der Waals surface area contributed by atoms with Crippen molar-refractivity contribution in [3.05, 3.63) is 16.6 Å². The molecule has 1 aromatic rings. The Bertz CT molecular complexity index is 199. The highest BCUT2D eigenvalue weighted by atomic mass is 32.2. The lowest BCUT2D eigenvalue weighted by Gasteiger charge is -2.10. The van der Waals surface area contributed by atoms with E-state index in [-0.39, 0.29) is 0 Å². The molecule has 0 spiro atoms. The van der Waals surface area contributed by atoms with Gasteiger partial charge in [0.05, 0.1) is 5.51 Å². The zero-order chi connectivity index (χ0) is 8.81. The topological polar surface area (TPSA) is 24.9 Å². The summed E-state index contributed by atoms with van der Waals surface area (Å²) in [6, 6.07) is 0.585. The molecule has 0 radical (unpaired) electrons. The van der Waals surface area contributed by atoms with Gasteiger partial charge in [0.25, 0.3) is 0 Å². The summed E-state index contributed by atoms with van der Waals surface area (Å²) in [4.78, 5) is 5.33. The number of hydrogen-bond donors (Lipinski definition) is 1. The van der Waals surface area contributed by atoms with E-state index in [1.807, 2.05) is 23.5 Å². The number of thiazole rings is 1. The zero-order valence-corrected chi connectivity index (χ0v) is 9.04. The second-order valence-corrected chi connectivity index (χ2v) is 4.59. The van der Waals surface area contributed by atoms with Crippen molar-refractivity contribution in [3.8, 4) is 0 Å². The van der Waals surface area contributed by atoms with Gasteiger partial charge in [-0.1, -0.05) is 0 Å². The minimum absolute atomic E-state index is 0.585. The summed E-state index contributed by atoms with van der Waals surface area (Å²) in [7, 11) is 0. The Morgan fingerprint density at radius 2 is 2.58 bits per heavy atom. The first-order chi connectivity index (χ1) is 5.83. The molecule has 1 heterocycles. The predicted molar refractivity (Wildman–Crippen MR) is 56.8 cm³/mol. The summed E-state index contributed by atoms with van der Waals surface area (Å²) in [6.45, 7) is 3.16. The second kappa shape index (κ2) is 5.56. The zero-order valence-electron chi connectivity index (χ0n) is 7.41. The summed E-state index contributed by atoms with van der Waals surface area (Å²) in [5.74, 6) is 1.17. The summed E-state index contributed by atoms with van der Waals surface area (Å²) in [6.07, 6.45) is 4.05. The van der Waals surface area contributed by atoms with E-state index in [9.17, 15) is 0 Å². The van der Waals surface area contributed by atoms with Crippen molar-refractivity contribution in [2.75, 3.05) is 12.0 Å². The van der Waals surface area contributed by atoms with Crippen LogP contribution in [0.1, 0.15) is 11.8 Å². The first-order valence-electron chi connectivity index (χ1n) is 3.92. The monoisotopic (exact) mass is 202 g/mol. The van der Waals surface area contributed by atoms with Crippen LogP contribution in [0.4, 0.5) is 0 Å². The van der Waals surface area contributed by atoms with Gasteiger partial charge in [-0.15, -0.1) is 11.3 Å². The Morgan fingerprint density at radius 1 is 1.75 bits per heavy atom. The molecule has 4 heteroatoms. The predicted octanol–water partition coefficient (Wildman–Crippen LogP) is 1.98. The van der Waals surface area contributed by atoms with Crippen molar-refractivity contribution in [1.29, 1.82) is 0 Å². The molecule has 0 aliphatic carbocycles. The molecule has 0 aromatic carbocycles. The van der Waals surface area contributed by atoms with Crippen molar-refractivity contribution in [3.63, 3.8) is 0 Å². The average molecular weight is 202 g/mol.